The van der Waals surface area contributed by atoms with E-state index in [1.54, 1.807) is 0 Å². The standard InChI is InChI=1S/C11H20F3NO/c1-2-7-15(8-11(12,13)14)9-5-3-4-6-10(9)16/h9-10,16H,2-8H2,1H3/t9-,10-/m0/s1. The maximum Gasteiger partial charge on any atom is 0.401 e. The first-order valence-electron chi connectivity index (χ1n) is 5.93. The van der Waals surface area contributed by atoms with Gasteiger partial charge in [0.25, 0.3) is 0 Å². The average Bonchev–Trinajstić information content (AvgIpc) is 2.16. The molecule has 0 heterocycles. The minimum atomic E-state index is -4.17. The molecule has 1 fully saturated rings. The third kappa shape index (κ3) is 4.29. The average molecular weight is 239 g/mol. The van der Waals surface area contributed by atoms with E-state index in [-0.39, 0.29) is 6.04 Å². The molecule has 0 bridgehead atoms. The normalized spacial score (nSPS) is 27.4. The fourth-order valence-corrected chi connectivity index (χ4v) is 2.40. The summed E-state index contributed by atoms with van der Waals surface area (Å²) in [7, 11) is 0. The summed E-state index contributed by atoms with van der Waals surface area (Å²) in [6, 6.07) is -0.310. The molecule has 0 unspecified atom stereocenters. The van der Waals surface area contributed by atoms with Crippen molar-refractivity contribution in [3.63, 3.8) is 0 Å². The highest BCUT2D eigenvalue weighted by molar-refractivity contribution is 4.84. The third-order valence-corrected chi connectivity index (χ3v) is 3.06. The highest BCUT2D eigenvalue weighted by Crippen LogP contribution is 2.26. The van der Waals surface area contributed by atoms with Crippen molar-refractivity contribution in [1.82, 2.24) is 4.90 Å². The number of aliphatic hydroxyl groups excluding tert-OH is 1. The van der Waals surface area contributed by atoms with Gasteiger partial charge in [-0.1, -0.05) is 19.8 Å². The van der Waals surface area contributed by atoms with Gasteiger partial charge in [0.15, 0.2) is 0 Å². The summed E-state index contributed by atoms with van der Waals surface area (Å²) < 4.78 is 37.2. The van der Waals surface area contributed by atoms with Crippen molar-refractivity contribution >= 4 is 0 Å². The molecule has 0 aliphatic heterocycles. The van der Waals surface area contributed by atoms with Crippen LogP contribution in [0.15, 0.2) is 0 Å². The van der Waals surface area contributed by atoms with Crippen LogP contribution in [-0.2, 0) is 0 Å². The predicted molar refractivity (Wildman–Crippen MR) is 56.2 cm³/mol. The molecular formula is C11H20F3NO. The van der Waals surface area contributed by atoms with Gasteiger partial charge in [0.2, 0.25) is 0 Å². The fraction of sp³-hybridized carbons (Fsp3) is 1.00. The largest absolute Gasteiger partial charge is 0.401 e. The van der Waals surface area contributed by atoms with Gasteiger partial charge in [0.05, 0.1) is 12.6 Å². The summed E-state index contributed by atoms with van der Waals surface area (Å²) in [6.07, 6.45) is -0.947. The first-order chi connectivity index (χ1) is 7.44. The highest BCUT2D eigenvalue weighted by Gasteiger charge is 2.36. The van der Waals surface area contributed by atoms with Crippen LogP contribution >= 0.6 is 0 Å². The molecule has 2 atom stereocenters. The smallest absolute Gasteiger partial charge is 0.391 e. The summed E-state index contributed by atoms with van der Waals surface area (Å²) in [6.45, 7) is 1.36. The number of alkyl halides is 3. The number of hydrogen-bond acceptors (Lipinski definition) is 2. The Kier molecular flexibility index (Phi) is 5.05. The van der Waals surface area contributed by atoms with Crippen LogP contribution in [0.4, 0.5) is 13.2 Å². The van der Waals surface area contributed by atoms with E-state index in [4.69, 9.17) is 0 Å². The van der Waals surface area contributed by atoms with Gasteiger partial charge in [-0.25, -0.2) is 0 Å². The molecule has 0 amide bonds. The molecule has 1 rings (SSSR count). The lowest BCUT2D eigenvalue weighted by molar-refractivity contribution is -0.157. The molecule has 2 nitrogen and oxygen atoms in total. The van der Waals surface area contributed by atoms with Crippen molar-refractivity contribution in [3.05, 3.63) is 0 Å². The molecule has 0 aromatic rings. The molecule has 0 saturated heterocycles. The minimum Gasteiger partial charge on any atom is -0.391 e. The Bertz CT molecular complexity index is 208. The van der Waals surface area contributed by atoms with E-state index in [0.29, 0.717) is 25.8 Å². The molecule has 0 aromatic heterocycles. The van der Waals surface area contributed by atoms with Crippen molar-refractivity contribution in [1.29, 1.82) is 0 Å². The summed E-state index contributed by atoms with van der Waals surface area (Å²) >= 11 is 0. The van der Waals surface area contributed by atoms with Gasteiger partial charge in [0.1, 0.15) is 0 Å². The van der Waals surface area contributed by atoms with Gasteiger partial charge in [-0.05, 0) is 25.8 Å². The topological polar surface area (TPSA) is 23.5 Å². The first kappa shape index (κ1) is 13.8. The summed E-state index contributed by atoms with van der Waals surface area (Å²) in [5.41, 5.74) is 0. The lowest BCUT2D eigenvalue weighted by atomic mass is 9.91. The van der Waals surface area contributed by atoms with E-state index in [2.05, 4.69) is 0 Å². The summed E-state index contributed by atoms with van der Waals surface area (Å²) in [5, 5.41) is 9.75. The van der Waals surface area contributed by atoms with Crippen molar-refractivity contribution in [2.45, 2.75) is 57.3 Å². The number of rotatable bonds is 4. The Morgan fingerprint density at radius 3 is 2.38 bits per heavy atom. The van der Waals surface area contributed by atoms with Crippen LogP contribution < -0.4 is 0 Å². The first-order valence-corrected chi connectivity index (χ1v) is 5.93. The van der Waals surface area contributed by atoms with Crippen LogP contribution in [0.2, 0.25) is 0 Å². The minimum absolute atomic E-state index is 0.310. The van der Waals surface area contributed by atoms with Gasteiger partial charge >= 0.3 is 6.18 Å². The maximum atomic E-state index is 12.4. The van der Waals surface area contributed by atoms with E-state index < -0.39 is 18.8 Å². The third-order valence-electron chi connectivity index (χ3n) is 3.06. The molecule has 1 aliphatic carbocycles. The van der Waals surface area contributed by atoms with E-state index in [0.717, 1.165) is 12.8 Å². The maximum absolute atomic E-state index is 12.4. The van der Waals surface area contributed by atoms with Crippen LogP contribution in [0.5, 0.6) is 0 Å². The van der Waals surface area contributed by atoms with Crippen molar-refractivity contribution in [2.75, 3.05) is 13.1 Å². The van der Waals surface area contributed by atoms with Gasteiger partial charge < -0.3 is 5.11 Å². The van der Waals surface area contributed by atoms with Gasteiger partial charge in [-0.2, -0.15) is 13.2 Å². The van der Waals surface area contributed by atoms with Crippen LogP contribution in [-0.4, -0.2) is 41.4 Å². The fourth-order valence-electron chi connectivity index (χ4n) is 2.40. The zero-order valence-electron chi connectivity index (χ0n) is 9.63. The number of hydrogen-bond donors (Lipinski definition) is 1. The quantitative estimate of drug-likeness (QED) is 0.815. The Labute approximate surface area is 94.4 Å². The lowest BCUT2D eigenvalue weighted by Gasteiger charge is -2.37. The molecule has 1 N–H and O–H groups in total. The van der Waals surface area contributed by atoms with E-state index in [1.807, 2.05) is 6.92 Å². The SMILES string of the molecule is CCCN(CC(F)(F)F)[C@H]1CCCC[C@@H]1O. The van der Waals surface area contributed by atoms with E-state index >= 15 is 0 Å². The molecule has 0 spiro atoms. The summed E-state index contributed by atoms with van der Waals surface area (Å²) in [5.74, 6) is 0. The second kappa shape index (κ2) is 5.87. The highest BCUT2D eigenvalue weighted by atomic mass is 19.4. The van der Waals surface area contributed by atoms with Crippen LogP contribution in [0.1, 0.15) is 39.0 Å². The van der Waals surface area contributed by atoms with Crippen LogP contribution in [0.25, 0.3) is 0 Å². The molecule has 1 saturated carbocycles. The van der Waals surface area contributed by atoms with Crippen molar-refractivity contribution in [3.8, 4) is 0 Å². The summed E-state index contributed by atoms with van der Waals surface area (Å²) in [4.78, 5) is 1.39. The Morgan fingerprint density at radius 1 is 1.25 bits per heavy atom. The second-order valence-electron chi connectivity index (χ2n) is 4.50. The molecule has 1 aliphatic rings. The Morgan fingerprint density at radius 2 is 1.88 bits per heavy atom. The molecule has 0 aromatic carbocycles. The van der Waals surface area contributed by atoms with Gasteiger partial charge in [-0.3, -0.25) is 4.90 Å². The van der Waals surface area contributed by atoms with Crippen LogP contribution in [0.3, 0.4) is 0 Å². The molecule has 96 valence electrons. The van der Waals surface area contributed by atoms with Gasteiger partial charge in [0, 0.05) is 6.04 Å². The molecule has 5 heteroatoms. The van der Waals surface area contributed by atoms with E-state index in [1.165, 1.54) is 4.90 Å². The Hall–Kier alpha value is -0.290. The molecule has 16 heavy (non-hydrogen) atoms. The van der Waals surface area contributed by atoms with Gasteiger partial charge in [-0.15, -0.1) is 0 Å². The monoisotopic (exact) mass is 239 g/mol. The lowest BCUT2D eigenvalue weighted by Crippen LogP contribution is -2.49. The number of aliphatic hydroxyl groups is 1. The zero-order valence-corrected chi connectivity index (χ0v) is 9.63. The number of nitrogens with zero attached hydrogens (tertiary/aromatic N) is 1. The second-order valence-corrected chi connectivity index (χ2v) is 4.50. The van der Waals surface area contributed by atoms with Crippen molar-refractivity contribution < 1.29 is 18.3 Å². The predicted octanol–water partition coefficient (Wildman–Crippen LogP) is 2.56. The van der Waals surface area contributed by atoms with Crippen LogP contribution in [0, 0.1) is 0 Å². The van der Waals surface area contributed by atoms with E-state index in [9.17, 15) is 18.3 Å². The number of halogens is 3. The zero-order chi connectivity index (χ0) is 12.2. The molecule has 0 radical (unpaired) electrons. The van der Waals surface area contributed by atoms with Crippen molar-refractivity contribution in [2.24, 2.45) is 0 Å². The molecular weight excluding hydrogens is 219 g/mol. The Balaban J connectivity index is 2.60.